The van der Waals surface area contributed by atoms with Gasteiger partial charge in [0.2, 0.25) is 0 Å². The number of aliphatic hydroxyl groups excluding tert-OH is 2. The van der Waals surface area contributed by atoms with Crippen molar-refractivity contribution < 1.29 is 30.0 Å². The maximum Gasteiger partial charge on any atom is 0.333 e. The van der Waals surface area contributed by atoms with E-state index in [1.54, 1.807) is 6.92 Å². The van der Waals surface area contributed by atoms with Crippen molar-refractivity contribution in [2.45, 2.75) is 39.4 Å². The van der Waals surface area contributed by atoms with E-state index < -0.39 is 24.1 Å². The van der Waals surface area contributed by atoms with Crippen LogP contribution in [0.25, 0.3) is 0 Å². The fraction of sp³-hybridized carbons (Fsp3) is 0.500. The standard InChI is InChI=1S/C7H12O3.C5H8O3/c1-5(7(9)10)3-4-6(2)8;1-3(4(2)6)5(7)8/h3,6,8H,4H2,1-2H3,(H,9,10);4,6H,1H2,2H3,(H,7,8)/b5-3+;. The average molecular weight is 260 g/mol. The third-order valence-electron chi connectivity index (χ3n) is 1.88. The van der Waals surface area contributed by atoms with E-state index in [1.807, 2.05) is 0 Å². The molecular formula is C12H20O6. The van der Waals surface area contributed by atoms with Crippen LogP contribution in [0.15, 0.2) is 23.8 Å². The fourth-order valence-corrected chi connectivity index (χ4v) is 0.613. The van der Waals surface area contributed by atoms with Crippen LogP contribution in [-0.4, -0.2) is 44.6 Å². The van der Waals surface area contributed by atoms with E-state index in [-0.39, 0.29) is 11.1 Å². The predicted octanol–water partition coefficient (Wildman–Crippen LogP) is 0.796. The zero-order valence-electron chi connectivity index (χ0n) is 10.8. The number of carboxylic acids is 2. The van der Waals surface area contributed by atoms with Crippen LogP contribution in [0, 0.1) is 0 Å². The summed E-state index contributed by atoms with van der Waals surface area (Å²) in [5.41, 5.74) is 0.103. The normalized spacial score (nSPS) is 13.9. The molecule has 0 spiro atoms. The van der Waals surface area contributed by atoms with E-state index in [0.717, 1.165) is 0 Å². The number of hydrogen-bond acceptors (Lipinski definition) is 4. The molecule has 4 N–H and O–H groups in total. The highest BCUT2D eigenvalue weighted by atomic mass is 16.4. The van der Waals surface area contributed by atoms with Crippen molar-refractivity contribution in [2.75, 3.05) is 0 Å². The van der Waals surface area contributed by atoms with Gasteiger partial charge < -0.3 is 20.4 Å². The second-order valence-electron chi connectivity index (χ2n) is 3.78. The molecule has 2 atom stereocenters. The Hall–Kier alpha value is -1.66. The van der Waals surface area contributed by atoms with Crippen LogP contribution < -0.4 is 0 Å². The van der Waals surface area contributed by atoms with Gasteiger partial charge >= 0.3 is 11.9 Å². The largest absolute Gasteiger partial charge is 0.478 e. The second kappa shape index (κ2) is 9.38. The molecule has 0 rings (SSSR count). The van der Waals surface area contributed by atoms with E-state index in [9.17, 15) is 9.59 Å². The Morgan fingerprint density at radius 1 is 1.17 bits per heavy atom. The summed E-state index contributed by atoms with van der Waals surface area (Å²) in [6.07, 6.45) is 0.493. The van der Waals surface area contributed by atoms with Crippen molar-refractivity contribution in [2.24, 2.45) is 0 Å². The molecule has 0 aromatic rings. The molecule has 0 heterocycles. The third kappa shape index (κ3) is 10.8. The lowest BCUT2D eigenvalue weighted by molar-refractivity contribution is -0.134. The van der Waals surface area contributed by atoms with E-state index in [2.05, 4.69) is 6.58 Å². The summed E-state index contributed by atoms with van der Waals surface area (Å²) >= 11 is 0. The Morgan fingerprint density at radius 3 is 1.78 bits per heavy atom. The molecule has 0 saturated carbocycles. The topological polar surface area (TPSA) is 115 Å². The minimum absolute atomic E-state index is 0.176. The van der Waals surface area contributed by atoms with Gasteiger partial charge in [0, 0.05) is 5.57 Å². The van der Waals surface area contributed by atoms with Crippen LogP contribution in [0.3, 0.4) is 0 Å². The lowest BCUT2D eigenvalue weighted by atomic mass is 10.2. The van der Waals surface area contributed by atoms with E-state index >= 15 is 0 Å². The van der Waals surface area contributed by atoms with E-state index in [4.69, 9.17) is 20.4 Å². The predicted molar refractivity (Wildman–Crippen MR) is 66.1 cm³/mol. The molecule has 18 heavy (non-hydrogen) atoms. The summed E-state index contributed by atoms with van der Waals surface area (Å²) in [6, 6.07) is 0. The molecular weight excluding hydrogens is 240 g/mol. The van der Waals surface area contributed by atoms with E-state index in [1.165, 1.54) is 19.9 Å². The number of aliphatic hydroxyl groups is 2. The average Bonchev–Trinajstić information content (AvgIpc) is 2.24. The molecule has 104 valence electrons. The highest BCUT2D eigenvalue weighted by molar-refractivity contribution is 5.86. The van der Waals surface area contributed by atoms with Crippen molar-refractivity contribution in [3.63, 3.8) is 0 Å². The fourth-order valence-electron chi connectivity index (χ4n) is 0.613. The maximum absolute atomic E-state index is 10.2. The second-order valence-corrected chi connectivity index (χ2v) is 3.78. The minimum atomic E-state index is -1.15. The van der Waals surface area contributed by atoms with Gasteiger partial charge in [0.05, 0.1) is 17.8 Å². The number of hydrogen-bond donors (Lipinski definition) is 4. The van der Waals surface area contributed by atoms with Crippen molar-refractivity contribution in [1.29, 1.82) is 0 Å². The summed E-state index contributed by atoms with van der Waals surface area (Å²) in [6.45, 7) is 7.58. The summed E-state index contributed by atoms with van der Waals surface area (Å²) in [4.78, 5) is 20.0. The molecule has 0 aliphatic rings. The minimum Gasteiger partial charge on any atom is -0.478 e. The molecule has 2 unspecified atom stereocenters. The van der Waals surface area contributed by atoms with Crippen molar-refractivity contribution in [3.8, 4) is 0 Å². The zero-order valence-corrected chi connectivity index (χ0v) is 10.8. The van der Waals surface area contributed by atoms with Crippen LogP contribution in [0.2, 0.25) is 0 Å². The van der Waals surface area contributed by atoms with Gasteiger partial charge in [-0.2, -0.15) is 0 Å². The van der Waals surface area contributed by atoms with Crippen LogP contribution in [0.1, 0.15) is 27.2 Å². The van der Waals surface area contributed by atoms with Crippen molar-refractivity contribution in [3.05, 3.63) is 23.8 Å². The summed E-state index contributed by atoms with van der Waals surface area (Å²) in [5.74, 6) is -2.08. The number of carbonyl (C=O) groups is 2. The summed E-state index contributed by atoms with van der Waals surface area (Å²) in [5, 5.41) is 33.7. The summed E-state index contributed by atoms with van der Waals surface area (Å²) in [7, 11) is 0. The Kier molecular flexibility index (Phi) is 9.74. The lowest BCUT2D eigenvalue weighted by Crippen LogP contribution is -2.11. The Morgan fingerprint density at radius 2 is 1.61 bits per heavy atom. The van der Waals surface area contributed by atoms with Crippen LogP contribution in [0.4, 0.5) is 0 Å². The van der Waals surface area contributed by atoms with Gasteiger partial charge in [0.15, 0.2) is 0 Å². The highest BCUT2D eigenvalue weighted by Gasteiger charge is 2.08. The van der Waals surface area contributed by atoms with Gasteiger partial charge in [0.1, 0.15) is 0 Å². The van der Waals surface area contributed by atoms with E-state index in [0.29, 0.717) is 6.42 Å². The quantitative estimate of drug-likeness (QED) is 0.543. The van der Waals surface area contributed by atoms with Crippen LogP contribution in [-0.2, 0) is 9.59 Å². The molecule has 0 aromatic carbocycles. The Bertz CT molecular complexity index is 327. The van der Waals surface area contributed by atoms with Crippen LogP contribution in [0.5, 0.6) is 0 Å². The maximum atomic E-state index is 10.2. The first-order chi connectivity index (χ1) is 8.09. The number of rotatable bonds is 5. The van der Waals surface area contributed by atoms with Crippen LogP contribution >= 0.6 is 0 Å². The molecule has 0 saturated heterocycles. The monoisotopic (exact) mass is 260 g/mol. The van der Waals surface area contributed by atoms with Gasteiger partial charge in [-0.1, -0.05) is 12.7 Å². The molecule has 6 nitrogen and oxygen atoms in total. The summed E-state index contributed by atoms with van der Waals surface area (Å²) < 4.78 is 0. The van der Waals surface area contributed by atoms with Crippen molar-refractivity contribution >= 4 is 11.9 Å². The van der Waals surface area contributed by atoms with Gasteiger partial charge in [-0.05, 0) is 27.2 Å². The molecule has 6 heteroatoms. The first-order valence-corrected chi connectivity index (χ1v) is 5.27. The molecule has 0 bridgehead atoms. The zero-order chi connectivity index (χ0) is 14.9. The molecule has 0 amide bonds. The Balaban J connectivity index is 0. The molecule has 0 aliphatic heterocycles. The Labute approximate surface area is 106 Å². The lowest BCUT2D eigenvalue weighted by Gasteiger charge is -1.99. The number of carboxylic acid groups (broad SMARTS) is 2. The van der Waals surface area contributed by atoms with Gasteiger partial charge in [-0.15, -0.1) is 0 Å². The van der Waals surface area contributed by atoms with Crippen molar-refractivity contribution in [1.82, 2.24) is 0 Å². The molecule has 0 aromatic heterocycles. The number of aliphatic carboxylic acids is 2. The van der Waals surface area contributed by atoms with Gasteiger partial charge in [0.25, 0.3) is 0 Å². The smallest absolute Gasteiger partial charge is 0.333 e. The van der Waals surface area contributed by atoms with Gasteiger partial charge in [-0.25, -0.2) is 9.59 Å². The highest BCUT2D eigenvalue weighted by Crippen LogP contribution is 1.98. The third-order valence-corrected chi connectivity index (χ3v) is 1.88. The van der Waals surface area contributed by atoms with Gasteiger partial charge in [-0.3, -0.25) is 0 Å². The SMILES string of the molecule is C/C(=C\CC(C)O)C(=O)O.C=C(C(=O)O)C(C)O. The first kappa shape index (κ1) is 18.7. The molecule has 0 radical (unpaired) electrons. The molecule has 0 fully saturated rings. The first-order valence-electron chi connectivity index (χ1n) is 5.27. The molecule has 0 aliphatic carbocycles.